The smallest absolute Gasteiger partial charge is 0.273 e. The molecule has 0 aromatic rings. The Kier molecular flexibility index (Phi) is 2.34. The van der Waals surface area contributed by atoms with E-state index in [-0.39, 0.29) is 0 Å². The number of nitriles is 4. The first kappa shape index (κ1) is 11.2. The van der Waals surface area contributed by atoms with Crippen molar-refractivity contribution in [2.45, 2.75) is 12.5 Å². The summed E-state index contributed by atoms with van der Waals surface area (Å²) < 4.78 is 0. The van der Waals surface area contributed by atoms with E-state index >= 15 is 0 Å². The number of carbonyl (C=O) groups excluding carboxylic acids is 1. The number of carbonyl (C=O) groups is 1. The molecule has 0 aromatic carbocycles. The molecule has 0 radical (unpaired) electrons. The van der Waals surface area contributed by atoms with Gasteiger partial charge in [0.15, 0.2) is 0 Å². The van der Waals surface area contributed by atoms with E-state index in [1.807, 2.05) is 0 Å². The summed E-state index contributed by atoms with van der Waals surface area (Å²) in [6.07, 6.45) is 0.848. The predicted molar refractivity (Wildman–Crippen MR) is 48.6 cm³/mol. The largest absolute Gasteiger partial charge is 0.273 e. The van der Waals surface area contributed by atoms with Crippen LogP contribution in [-0.4, -0.2) is 22.7 Å². The zero-order valence-electron chi connectivity index (χ0n) is 8.17. The highest BCUT2D eigenvalue weighted by Gasteiger charge is 2.63. The van der Waals surface area contributed by atoms with E-state index in [4.69, 9.17) is 21.0 Å². The summed E-state index contributed by atoms with van der Waals surface area (Å²) in [5.74, 6) is -0.688. The van der Waals surface area contributed by atoms with Crippen LogP contribution in [0.3, 0.4) is 0 Å². The fourth-order valence-corrected chi connectivity index (χ4v) is 1.35. The molecule has 0 spiro atoms. The Hall–Kier alpha value is -2.90. The second kappa shape index (κ2) is 3.35. The van der Waals surface area contributed by atoms with E-state index in [1.54, 1.807) is 12.1 Å². The highest BCUT2D eigenvalue weighted by atomic mass is 16.2. The van der Waals surface area contributed by atoms with Gasteiger partial charge in [-0.1, -0.05) is 0 Å². The second-order valence-electron chi connectivity index (χ2n) is 3.04. The van der Waals surface area contributed by atoms with E-state index in [0.717, 1.165) is 13.1 Å². The third-order valence-electron chi connectivity index (χ3n) is 2.23. The van der Waals surface area contributed by atoms with Gasteiger partial charge in [-0.05, 0) is 0 Å². The monoisotopic (exact) mass is 212 g/mol. The van der Waals surface area contributed by atoms with Crippen molar-refractivity contribution in [2.24, 2.45) is 10.5 Å². The average Bonchev–Trinajstić information content (AvgIpc) is 2.64. The van der Waals surface area contributed by atoms with Crippen LogP contribution in [-0.2, 0) is 4.79 Å². The van der Waals surface area contributed by atoms with Crippen LogP contribution >= 0.6 is 0 Å². The van der Waals surface area contributed by atoms with Gasteiger partial charge in [-0.3, -0.25) is 4.79 Å². The van der Waals surface area contributed by atoms with Gasteiger partial charge in [0.1, 0.15) is 12.1 Å². The number of hydrazone groups is 1. The molecule has 1 aliphatic rings. The first-order valence-electron chi connectivity index (χ1n) is 4.04. The average molecular weight is 212 g/mol. The minimum Gasteiger partial charge on any atom is -0.273 e. The predicted octanol–water partition coefficient (Wildman–Crippen LogP) is -0.346. The number of rotatable bonds is 0. The van der Waals surface area contributed by atoms with E-state index < -0.39 is 16.9 Å². The Labute approximate surface area is 91.0 Å². The van der Waals surface area contributed by atoms with Gasteiger partial charge in [0.25, 0.3) is 5.54 Å². The lowest BCUT2D eigenvalue weighted by atomic mass is 9.74. The molecule has 0 atom stereocenters. The normalized spacial score (nSPS) is 18.9. The maximum atomic E-state index is 11.2. The lowest BCUT2D eigenvalue weighted by Crippen LogP contribution is -2.53. The fourth-order valence-electron chi connectivity index (χ4n) is 1.35. The zero-order chi connectivity index (χ0) is 12.4. The molecular formula is C9H4N6O. The summed E-state index contributed by atoms with van der Waals surface area (Å²) in [4.78, 5) is 11.2. The fraction of sp³-hybridized carbons (Fsp3) is 0.333. The van der Waals surface area contributed by atoms with E-state index in [1.165, 1.54) is 12.1 Å². The third-order valence-corrected chi connectivity index (χ3v) is 2.23. The maximum absolute atomic E-state index is 11.2. The van der Waals surface area contributed by atoms with Crippen molar-refractivity contribution in [1.29, 1.82) is 21.0 Å². The Morgan fingerprint density at radius 2 is 1.69 bits per heavy atom. The van der Waals surface area contributed by atoms with Crippen molar-refractivity contribution in [3.63, 3.8) is 0 Å². The highest BCUT2D eigenvalue weighted by Crippen LogP contribution is 2.38. The Balaban J connectivity index is 3.55. The molecule has 0 bridgehead atoms. The van der Waals surface area contributed by atoms with Crippen LogP contribution in [0.25, 0.3) is 0 Å². The summed E-state index contributed by atoms with van der Waals surface area (Å²) in [6.45, 7) is 1.09. The van der Waals surface area contributed by atoms with Crippen LogP contribution in [0.1, 0.15) is 6.92 Å². The molecule has 0 fully saturated rings. The SMILES string of the molecule is CC(=O)N1N=CC(C#N)(C#N)C1(C#N)C#N. The van der Waals surface area contributed by atoms with Crippen molar-refractivity contribution in [3.8, 4) is 24.3 Å². The maximum Gasteiger partial charge on any atom is 0.273 e. The summed E-state index contributed by atoms with van der Waals surface area (Å²) >= 11 is 0. The zero-order valence-corrected chi connectivity index (χ0v) is 8.17. The van der Waals surface area contributed by atoms with Gasteiger partial charge in [-0.2, -0.15) is 31.2 Å². The summed E-state index contributed by atoms with van der Waals surface area (Å²) in [5, 5.41) is 39.8. The number of nitrogens with zero attached hydrogens (tertiary/aromatic N) is 6. The molecule has 0 aromatic heterocycles. The molecule has 76 valence electrons. The summed E-state index contributed by atoms with van der Waals surface area (Å²) in [6, 6.07) is 6.16. The molecule has 0 N–H and O–H groups in total. The van der Waals surface area contributed by atoms with E-state index in [0.29, 0.717) is 5.01 Å². The summed E-state index contributed by atoms with van der Waals surface area (Å²) in [5.41, 5.74) is -4.27. The van der Waals surface area contributed by atoms with Gasteiger partial charge < -0.3 is 0 Å². The van der Waals surface area contributed by atoms with E-state index in [9.17, 15) is 4.79 Å². The van der Waals surface area contributed by atoms with Crippen molar-refractivity contribution < 1.29 is 4.79 Å². The van der Waals surface area contributed by atoms with Gasteiger partial charge in [0.05, 0.1) is 18.4 Å². The minimum absolute atomic E-state index is 0.555. The van der Waals surface area contributed by atoms with Crippen LogP contribution in [0.2, 0.25) is 0 Å². The molecule has 7 heteroatoms. The van der Waals surface area contributed by atoms with Crippen LogP contribution in [0, 0.1) is 50.7 Å². The molecule has 1 amide bonds. The van der Waals surface area contributed by atoms with Crippen LogP contribution in [0.5, 0.6) is 0 Å². The molecule has 7 nitrogen and oxygen atoms in total. The number of hydrogen-bond donors (Lipinski definition) is 0. The lowest BCUT2D eigenvalue weighted by molar-refractivity contribution is -0.131. The van der Waals surface area contributed by atoms with Crippen LogP contribution in [0.15, 0.2) is 5.10 Å². The topological polar surface area (TPSA) is 128 Å². The lowest BCUT2D eigenvalue weighted by Gasteiger charge is -2.27. The van der Waals surface area contributed by atoms with Gasteiger partial charge in [0.2, 0.25) is 11.3 Å². The molecule has 0 unspecified atom stereocenters. The Morgan fingerprint density at radius 1 is 1.19 bits per heavy atom. The van der Waals surface area contributed by atoms with Gasteiger partial charge in [-0.25, -0.2) is 0 Å². The molecule has 16 heavy (non-hydrogen) atoms. The number of amides is 1. The molecule has 1 rings (SSSR count). The van der Waals surface area contributed by atoms with Gasteiger partial charge in [0, 0.05) is 6.92 Å². The van der Waals surface area contributed by atoms with Crippen molar-refractivity contribution in [2.75, 3.05) is 0 Å². The highest BCUT2D eigenvalue weighted by molar-refractivity contribution is 5.88. The Morgan fingerprint density at radius 3 is 2.00 bits per heavy atom. The van der Waals surface area contributed by atoms with Crippen molar-refractivity contribution in [1.82, 2.24) is 5.01 Å². The summed E-state index contributed by atoms with van der Waals surface area (Å²) in [7, 11) is 0. The molecule has 0 aliphatic carbocycles. The molecular weight excluding hydrogens is 208 g/mol. The quantitative estimate of drug-likeness (QED) is 0.542. The van der Waals surface area contributed by atoms with Crippen molar-refractivity contribution in [3.05, 3.63) is 0 Å². The Bertz CT molecular complexity index is 506. The van der Waals surface area contributed by atoms with E-state index in [2.05, 4.69) is 5.10 Å². The first-order chi connectivity index (χ1) is 7.53. The number of hydrogen-bond acceptors (Lipinski definition) is 6. The van der Waals surface area contributed by atoms with Gasteiger partial charge in [-0.15, -0.1) is 0 Å². The molecule has 1 aliphatic heterocycles. The molecule has 1 heterocycles. The van der Waals surface area contributed by atoms with Crippen LogP contribution in [0.4, 0.5) is 0 Å². The minimum atomic E-state index is -2.22. The second-order valence-corrected chi connectivity index (χ2v) is 3.04. The third kappa shape index (κ3) is 0.974. The standard InChI is InChI=1S/C9H4N6O/c1-7(16)15-9(4-12,5-13)8(2-10,3-11)6-14-15/h6H,1H3. The molecule has 0 saturated carbocycles. The molecule has 0 saturated heterocycles. The van der Waals surface area contributed by atoms with Crippen molar-refractivity contribution >= 4 is 12.1 Å². The van der Waals surface area contributed by atoms with Gasteiger partial charge >= 0.3 is 0 Å². The van der Waals surface area contributed by atoms with Crippen LogP contribution < -0.4 is 0 Å². The first-order valence-corrected chi connectivity index (χ1v) is 4.04.